The van der Waals surface area contributed by atoms with Crippen molar-refractivity contribution in [2.75, 3.05) is 14.1 Å². The monoisotopic (exact) mass is 349 g/mol. The second-order valence-electron chi connectivity index (χ2n) is 5.82. The zero-order valence-corrected chi connectivity index (χ0v) is 14.6. The van der Waals surface area contributed by atoms with E-state index in [9.17, 15) is 9.59 Å². The highest BCUT2D eigenvalue weighted by atomic mass is 16.2. The molecule has 0 aliphatic heterocycles. The fourth-order valence-corrected chi connectivity index (χ4v) is 2.52. The maximum atomic E-state index is 12.6. The van der Waals surface area contributed by atoms with Gasteiger partial charge in [0.05, 0.1) is 11.9 Å². The summed E-state index contributed by atoms with van der Waals surface area (Å²) in [4.78, 5) is 25.7. The van der Waals surface area contributed by atoms with E-state index >= 15 is 0 Å². The van der Waals surface area contributed by atoms with E-state index < -0.39 is 0 Å². The molecule has 3 aromatic rings. The molecule has 0 aliphatic rings. The smallest absolute Gasteiger partial charge is 0.276 e. The molecular weight excluding hydrogens is 330 g/mol. The third-order valence-corrected chi connectivity index (χ3v) is 3.94. The Balaban J connectivity index is 1.68. The average Bonchev–Trinajstić information content (AvgIpc) is 3.18. The van der Waals surface area contributed by atoms with Crippen molar-refractivity contribution in [2.45, 2.75) is 6.54 Å². The number of nitrogens with one attached hydrogen (secondary N) is 1. The number of nitrogens with zero attached hydrogens (tertiary/aromatic N) is 4. The first-order valence-electron chi connectivity index (χ1n) is 8.12. The first kappa shape index (κ1) is 17.3. The summed E-state index contributed by atoms with van der Waals surface area (Å²) >= 11 is 0. The molecule has 0 spiro atoms. The van der Waals surface area contributed by atoms with Crippen molar-refractivity contribution >= 4 is 11.8 Å². The molecule has 2 aromatic carbocycles. The van der Waals surface area contributed by atoms with E-state index in [1.54, 1.807) is 42.0 Å². The van der Waals surface area contributed by atoms with Gasteiger partial charge in [0, 0.05) is 26.2 Å². The minimum Gasteiger partial charge on any atom is -0.355 e. The molecule has 1 aromatic heterocycles. The van der Waals surface area contributed by atoms with E-state index in [4.69, 9.17) is 0 Å². The van der Waals surface area contributed by atoms with Crippen LogP contribution in [0.25, 0.3) is 5.69 Å². The normalized spacial score (nSPS) is 10.4. The average molecular weight is 349 g/mol. The number of aromatic nitrogens is 3. The van der Waals surface area contributed by atoms with Crippen LogP contribution in [0, 0.1) is 0 Å². The molecule has 26 heavy (non-hydrogen) atoms. The van der Waals surface area contributed by atoms with Crippen LogP contribution in [0.15, 0.2) is 60.8 Å². The molecule has 0 radical (unpaired) electrons. The number of carbonyl (C=O) groups excluding carboxylic acids is 2. The van der Waals surface area contributed by atoms with Gasteiger partial charge in [-0.15, -0.1) is 5.10 Å². The van der Waals surface area contributed by atoms with Gasteiger partial charge in [0.2, 0.25) is 0 Å². The Kier molecular flexibility index (Phi) is 5.07. The summed E-state index contributed by atoms with van der Waals surface area (Å²) in [6, 6.07) is 16.6. The van der Waals surface area contributed by atoms with Crippen LogP contribution in [0.3, 0.4) is 0 Å². The van der Waals surface area contributed by atoms with Crippen molar-refractivity contribution in [3.63, 3.8) is 0 Å². The molecule has 3 rings (SSSR count). The predicted octanol–water partition coefficient (Wildman–Crippen LogP) is 1.90. The Bertz CT molecular complexity index is 903. The number of hydrogen-bond acceptors (Lipinski definition) is 4. The van der Waals surface area contributed by atoms with Crippen LogP contribution in [0.1, 0.15) is 26.4 Å². The minimum atomic E-state index is -0.220. The van der Waals surface area contributed by atoms with E-state index in [2.05, 4.69) is 15.6 Å². The quantitative estimate of drug-likeness (QED) is 0.763. The molecule has 0 unspecified atom stereocenters. The van der Waals surface area contributed by atoms with Gasteiger partial charge in [-0.25, -0.2) is 4.68 Å². The molecule has 1 N–H and O–H groups in total. The lowest BCUT2D eigenvalue weighted by Crippen LogP contribution is -2.26. The number of amides is 2. The maximum Gasteiger partial charge on any atom is 0.276 e. The topological polar surface area (TPSA) is 80.1 Å². The van der Waals surface area contributed by atoms with Crippen molar-refractivity contribution in [2.24, 2.45) is 0 Å². The van der Waals surface area contributed by atoms with Crippen molar-refractivity contribution in [1.29, 1.82) is 0 Å². The molecular formula is C19H19N5O2. The predicted molar refractivity (Wildman–Crippen MR) is 97.0 cm³/mol. The highest BCUT2D eigenvalue weighted by Crippen LogP contribution is 2.11. The fourth-order valence-electron chi connectivity index (χ4n) is 2.52. The summed E-state index contributed by atoms with van der Waals surface area (Å²) in [5, 5.41) is 10.6. The van der Waals surface area contributed by atoms with Crippen molar-refractivity contribution in [1.82, 2.24) is 25.2 Å². The summed E-state index contributed by atoms with van der Waals surface area (Å²) in [6.07, 6.45) is 1.61. The molecule has 0 aliphatic carbocycles. The van der Waals surface area contributed by atoms with Crippen LogP contribution >= 0.6 is 0 Å². The fraction of sp³-hybridized carbons (Fsp3) is 0.158. The van der Waals surface area contributed by atoms with E-state index in [1.807, 2.05) is 42.5 Å². The molecule has 0 atom stereocenters. The van der Waals surface area contributed by atoms with Crippen LogP contribution in [-0.2, 0) is 6.54 Å². The van der Waals surface area contributed by atoms with Gasteiger partial charge in [-0.05, 0) is 29.8 Å². The standard InChI is InChI=1S/C19H19N5O2/c1-20-18(25)15-10-8-14(9-11-15)12-23(2)19(26)17-13-24(22-21-17)16-6-4-3-5-7-16/h3-11,13H,12H2,1-2H3,(H,20,25). The highest BCUT2D eigenvalue weighted by Gasteiger charge is 2.16. The van der Waals surface area contributed by atoms with Crippen LogP contribution in [-0.4, -0.2) is 45.8 Å². The molecule has 7 heteroatoms. The molecule has 132 valence electrons. The minimum absolute atomic E-state index is 0.140. The Hall–Kier alpha value is -3.48. The molecule has 0 saturated carbocycles. The summed E-state index contributed by atoms with van der Waals surface area (Å²) < 4.78 is 1.57. The molecule has 0 bridgehead atoms. The second-order valence-corrected chi connectivity index (χ2v) is 5.82. The molecule has 0 fully saturated rings. The lowest BCUT2D eigenvalue weighted by atomic mass is 10.1. The van der Waals surface area contributed by atoms with Gasteiger partial charge in [0.25, 0.3) is 11.8 Å². The van der Waals surface area contributed by atoms with Gasteiger partial charge in [-0.3, -0.25) is 9.59 Å². The Morgan fingerprint density at radius 1 is 1.08 bits per heavy atom. The maximum absolute atomic E-state index is 12.6. The number of para-hydroxylation sites is 1. The second kappa shape index (κ2) is 7.60. The summed E-state index contributed by atoms with van der Waals surface area (Å²) in [6.45, 7) is 0.408. The van der Waals surface area contributed by atoms with E-state index in [0.717, 1.165) is 11.3 Å². The molecule has 1 heterocycles. The van der Waals surface area contributed by atoms with Crippen LogP contribution in [0.4, 0.5) is 0 Å². The molecule has 0 saturated heterocycles. The zero-order chi connectivity index (χ0) is 18.5. The van der Waals surface area contributed by atoms with E-state index in [-0.39, 0.29) is 17.5 Å². The van der Waals surface area contributed by atoms with Gasteiger partial charge < -0.3 is 10.2 Å². The third kappa shape index (κ3) is 3.77. The Morgan fingerprint density at radius 2 is 1.77 bits per heavy atom. The van der Waals surface area contributed by atoms with Crippen LogP contribution in [0.2, 0.25) is 0 Å². The number of rotatable bonds is 5. The molecule has 2 amide bonds. The molecule has 7 nitrogen and oxygen atoms in total. The summed E-state index contributed by atoms with van der Waals surface area (Å²) in [5.74, 6) is -0.360. The summed E-state index contributed by atoms with van der Waals surface area (Å²) in [5.41, 5.74) is 2.62. The number of benzene rings is 2. The lowest BCUT2D eigenvalue weighted by Gasteiger charge is -2.15. The van der Waals surface area contributed by atoms with Crippen LogP contribution < -0.4 is 5.32 Å². The SMILES string of the molecule is CNC(=O)c1ccc(CN(C)C(=O)c2cn(-c3ccccc3)nn2)cc1. The third-order valence-electron chi connectivity index (χ3n) is 3.94. The van der Waals surface area contributed by atoms with Gasteiger partial charge in [0.15, 0.2) is 5.69 Å². The number of carbonyl (C=O) groups is 2. The van der Waals surface area contributed by atoms with Gasteiger partial charge in [-0.2, -0.15) is 0 Å². The summed E-state index contributed by atoms with van der Waals surface area (Å²) in [7, 11) is 3.29. The zero-order valence-electron chi connectivity index (χ0n) is 14.6. The van der Waals surface area contributed by atoms with Crippen molar-refractivity contribution in [3.8, 4) is 5.69 Å². The van der Waals surface area contributed by atoms with Gasteiger partial charge >= 0.3 is 0 Å². The largest absolute Gasteiger partial charge is 0.355 e. The van der Waals surface area contributed by atoms with Gasteiger partial charge in [-0.1, -0.05) is 35.5 Å². The van der Waals surface area contributed by atoms with Gasteiger partial charge in [0.1, 0.15) is 0 Å². The lowest BCUT2D eigenvalue weighted by molar-refractivity contribution is 0.0778. The highest BCUT2D eigenvalue weighted by molar-refractivity contribution is 5.94. The first-order valence-corrected chi connectivity index (χ1v) is 8.12. The van der Waals surface area contributed by atoms with Crippen molar-refractivity contribution in [3.05, 3.63) is 77.6 Å². The van der Waals surface area contributed by atoms with Crippen molar-refractivity contribution < 1.29 is 9.59 Å². The number of hydrogen-bond donors (Lipinski definition) is 1. The Morgan fingerprint density at radius 3 is 2.42 bits per heavy atom. The van der Waals surface area contributed by atoms with E-state index in [0.29, 0.717) is 12.1 Å². The van der Waals surface area contributed by atoms with E-state index in [1.165, 1.54) is 0 Å². The first-order chi connectivity index (χ1) is 12.6. The van der Waals surface area contributed by atoms with Crippen LogP contribution in [0.5, 0.6) is 0 Å². The Labute approximate surface area is 151 Å².